The van der Waals surface area contributed by atoms with Crippen molar-refractivity contribution >= 4 is 17.3 Å². The Balaban J connectivity index is 1.67. The lowest BCUT2D eigenvalue weighted by molar-refractivity contribution is -0.00358. The molecule has 1 aromatic rings. The Morgan fingerprint density at radius 3 is 2.52 bits per heavy atom. The fourth-order valence-corrected chi connectivity index (χ4v) is 4.48. The highest BCUT2D eigenvalue weighted by molar-refractivity contribution is 7.80. The summed E-state index contributed by atoms with van der Waals surface area (Å²) in [6.07, 6.45) is 2.60. The molecule has 0 amide bonds. The summed E-state index contributed by atoms with van der Waals surface area (Å²) in [5.74, 6) is 1.66. The maximum Gasteiger partial charge on any atom is 0.167 e. The number of rotatable bonds is 2. The molecule has 3 unspecified atom stereocenters. The molecule has 2 N–H and O–H groups in total. The van der Waals surface area contributed by atoms with Crippen molar-refractivity contribution in [1.29, 1.82) is 0 Å². The van der Waals surface area contributed by atoms with Crippen LogP contribution < -0.4 is 15.4 Å². The van der Waals surface area contributed by atoms with Gasteiger partial charge in [-0.2, -0.15) is 0 Å². The van der Waals surface area contributed by atoms with E-state index in [1.165, 1.54) is 31.5 Å². The van der Waals surface area contributed by atoms with Gasteiger partial charge in [-0.3, -0.25) is 4.90 Å². The minimum absolute atomic E-state index is 0.276. The third-order valence-corrected chi connectivity index (χ3v) is 5.51. The maximum absolute atomic E-state index is 5.45. The van der Waals surface area contributed by atoms with E-state index < -0.39 is 0 Å². The molecule has 4 fully saturated rings. The van der Waals surface area contributed by atoms with E-state index in [1.807, 2.05) is 12.1 Å². The zero-order chi connectivity index (χ0) is 14.4. The molecule has 1 aromatic carbocycles. The number of thiocarbonyl (C=S) groups is 1. The highest BCUT2D eigenvalue weighted by Crippen LogP contribution is 2.39. The number of piperidine rings is 3. The van der Waals surface area contributed by atoms with Crippen LogP contribution >= 0.6 is 12.2 Å². The Labute approximate surface area is 130 Å². The maximum atomic E-state index is 5.45. The number of nitrogens with one attached hydrogen (secondary N) is 2. The number of benzene rings is 1. The average molecular weight is 303 g/mol. The smallest absolute Gasteiger partial charge is 0.167 e. The van der Waals surface area contributed by atoms with Gasteiger partial charge in [-0.15, -0.1) is 0 Å². The second kappa shape index (κ2) is 5.14. The Bertz CT molecular complexity index is 539. The Hall–Kier alpha value is -1.33. The number of methoxy groups -OCH3 is 1. The first kappa shape index (κ1) is 13.3. The van der Waals surface area contributed by atoms with Crippen molar-refractivity contribution in [2.45, 2.75) is 31.0 Å². The molecule has 3 atom stereocenters. The van der Waals surface area contributed by atoms with E-state index in [-0.39, 0.29) is 6.04 Å². The summed E-state index contributed by atoms with van der Waals surface area (Å²) < 4.78 is 5.26. The third kappa shape index (κ3) is 2.19. The average Bonchev–Trinajstić information content (AvgIpc) is 2.55. The van der Waals surface area contributed by atoms with Gasteiger partial charge in [0.1, 0.15) is 5.75 Å². The molecule has 0 saturated carbocycles. The normalized spacial score (nSPS) is 37.4. The molecular formula is C16H21N3OS. The molecule has 0 aliphatic carbocycles. The van der Waals surface area contributed by atoms with Crippen LogP contribution in [0.15, 0.2) is 24.3 Å². The van der Waals surface area contributed by atoms with Crippen LogP contribution in [0.25, 0.3) is 0 Å². The molecule has 112 valence electrons. The van der Waals surface area contributed by atoms with E-state index in [0.717, 1.165) is 16.8 Å². The molecule has 0 radical (unpaired) electrons. The highest BCUT2D eigenvalue weighted by atomic mass is 32.1. The van der Waals surface area contributed by atoms with Gasteiger partial charge in [-0.1, -0.05) is 12.1 Å². The van der Waals surface area contributed by atoms with Crippen molar-refractivity contribution in [2.24, 2.45) is 5.92 Å². The SMILES string of the molecule is COc1ccc(C2NC(=S)NC3C4CCN(CC4)C23)cc1. The lowest BCUT2D eigenvalue weighted by Gasteiger charge is -2.56. The monoisotopic (exact) mass is 303 g/mol. The fourth-order valence-electron chi connectivity index (χ4n) is 4.22. The van der Waals surface area contributed by atoms with Gasteiger partial charge < -0.3 is 15.4 Å². The third-order valence-electron chi connectivity index (χ3n) is 5.27. The molecule has 4 nitrogen and oxygen atoms in total. The van der Waals surface area contributed by atoms with Gasteiger partial charge in [0, 0.05) is 6.04 Å². The lowest BCUT2D eigenvalue weighted by Crippen LogP contribution is -2.71. The van der Waals surface area contributed by atoms with Crippen LogP contribution in [0.2, 0.25) is 0 Å². The largest absolute Gasteiger partial charge is 0.497 e. The van der Waals surface area contributed by atoms with E-state index in [1.54, 1.807) is 7.11 Å². The molecule has 0 aromatic heterocycles. The number of hydrogen-bond donors (Lipinski definition) is 2. The molecule has 4 aliphatic heterocycles. The molecule has 5 heteroatoms. The van der Waals surface area contributed by atoms with E-state index in [4.69, 9.17) is 17.0 Å². The first-order valence-corrected chi connectivity index (χ1v) is 8.12. The fraction of sp³-hybridized carbons (Fsp3) is 0.562. The van der Waals surface area contributed by atoms with Gasteiger partial charge >= 0.3 is 0 Å². The topological polar surface area (TPSA) is 36.5 Å². The number of nitrogens with zero attached hydrogens (tertiary/aromatic N) is 1. The summed E-state index contributed by atoms with van der Waals surface area (Å²) >= 11 is 5.45. The predicted molar refractivity (Wildman–Crippen MR) is 86.5 cm³/mol. The Kier molecular flexibility index (Phi) is 3.27. The van der Waals surface area contributed by atoms with Gasteiger partial charge in [0.15, 0.2) is 5.11 Å². The summed E-state index contributed by atoms with van der Waals surface area (Å²) in [7, 11) is 1.70. The number of fused-ring (bicyclic) bond motifs is 2. The molecule has 2 bridgehead atoms. The highest BCUT2D eigenvalue weighted by Gasteiger charge is 2.48. The van der Waals surface area contributed by atoms with Crippen LogP contribution in [0.1, 0.15) is 24.4 Å². The summed E-state index contributed by atoms with van der Waals surface area (Å²) in [6, 6.07) is 9.65. The zero-order valence-corrected chi connectivity index (χ0v) is 13.0. The standard InChI is InChI=1S/C16H21N3OS/c1-20-12-4-2-10(3-5-12)13-15-14(18-16(21)17-13)11-6-8-19(15)9-7-11/h2-5,11,13-15H,6-9H2,1H3,(H2,17,18,21). The molecule has 21 heavy (non-hydrogen) atoms. The van der Waals surface area contributed by atoms with E-state index >= 15 is 0 Å². The molecule has 5 rings (SSSR count). The van der Waals surface area contributed by atoms with E-state index in [0.29, 0.717) is 12.1 Å². The van der Waals surface area contributed by atoms with Gasteiger partial charge in [0.25, 0.3) is 0 Å². The molecule has 4 saturated heterocycles. The molecule has 0 spiro atoms. The Morgan fingerprint density at radius 2 is 1.86 bits per heavy atom. The van der Waals surface area contributed by atoms with Crippen molar-refractivity contribution < 1.29 is 4.74 Å². The lowest BCUT2D eigenvalue weighted by atomic mass is 9.74. The van der Waals surface area contributed by atoms with Crippen LogP contribution in [0.5, 0.6) is 5.75 Å². The van der Waals surface area contributed by atoms with Crippen LogP contribution in [-0.2, 0) is 0 Å². The van der Waals surface area contributed by atoms with Crippen LogP contribution in [0.4, 0.5) is 0 Å². The summed E-state index contributed by atoms with van der Waals surface area (Å²) in [5.41, 5.74) is 1.29. The van der Waals surface area contributed by atoms with E-state index in [2.05, 4.69) is 27.7 Å². The van der Waals surface area contributed by atoms with E-state index in [9.17, 15) is 0 Å². The van der Waals surface area contributed by atoms with Crippen LogP contribution in [0.3, 0.4) is 0 Å². The quantitative estimate of drug-likeness (QED) is 0.813. The predicted octanol–water partition coefficient (Wildman–Crippen LogP) is 1.68. The van der Waals surface area contributed by atoms with Gasteiger partial charge in [-0.25, -0.2) is 0 Å². The zero-order valence-electron chi connectivity index (χ0n) is 12.2. The second-order valence-corrected chi connectivity index (χ2v) is 6.67. The number of ether oxygens (including phenoxy) is 1. The first-order valence-electron chi connectivity index (χ1n) is 7.71. The van der Waals surface area contributed by atoms with Crippen LogP contribution in [-0.4, -0.2) is 42.3 Å². The molecule has 4 aliphatic rings. The second-order valence-electron chi connectivity index (χ2n) is 6.26. The van der Waals surface area contributed by atoms with Crippen molar-refractivity contribution in [1.82, 2.24) is 15.5 Å². The summed E-state index contributed by atoms with van der Waals surface area (Å²) in [4.78, 5) is 2.63. The van der Waals surface area contributed by atoms with Crippen molar-refractivity contribution in [3.8, 4) is 5.75 Å². The van der Waals surface area contributed by atoms with Gasteiger partial charge in [-0.05, 0) is 61.8 Å². The number of hydrogen-bond acceptors (Lipinski definition) is 3. The van der Waals surface area contributed by atoms with Crippen molar-refractivity contribution in [3.05, 3.63) is 29.8 Å². The van der Waals surface area contributed by atoms with Gasteiger partial charge in [0.2, 0.25) is 0 Å². The first-order chi connectivity index (χ1) is 10.3. The molecule has 4 heterocycles. The van der Waals surface area contributed by atoms with Crippen molar-refractivity contribution in [3.63, 3.8) is 0 Å². The summed E-state index contributed by atoms with van der Waals surface area (Å²) in [6.45, 7) is 2.43. The summed E-state index contributed by atoms with van der Waals surface area (Å²) in [5, 5.41) is 7.82. The van der Waals surface area contributed by atoms with Gasteiger partial charge in [0.05, 0.1) is 19.2 Å². The van der Waals surface area contributed by atoms with Crippen molar-refractivity contribution in [2.75, 3.05) is 20.2 Å². The molecular weight excluding hydrogens is 282 g/mol. The minimum atomic E-state index is 0.276. The minimum Gasteiger partial charge on any atom is -0.497 e. The Morgan fingerprint density at radius 1 is 1.14 bits per heavy atom. The van der Waals surface area contributed by atoms with Crippen LogP contribution in [0, 0.1) is 5.92 Å².